The van der Waals surface area contributed by atoms with Crippen molar-refractivity contribution in [3.8, 4) is 5.75 Å². The summed E-state index contributed by atoms with van der Waals surface area (Å²) in [5, 5.41) is 19.4. The van der Waals surface area contributed by atoms with Gasteiger partial charge in [-0.2, -0.15) is 15.3 Å². The monoisotopic (exact) mass is 390 g/mol. The molecule has 0 bridgehead atoms. The minimum absolute atomic E-state index is 0.000259. The number of hydrogen-bond donors (Lipinski definition) is 2. The van der Waals surface area contributed by atoms with Gasteiger partial charge in [0, 0.05) is 30.0 Å². The molecule has 0 atom stereocenters. The number of benzene rings is 1. The number of carbonyl (C=O) groups is 1. The van der Waals surface area contributed by atoms with Crippen molar-refractivity contribution in [2.45, 2.75) is 32.7 Å². The summed E-state index contributed by atoms with van der Waals surface area (Å²) >= 11 is 0. The predicted octanol–water partition coefficient (Wildman–Crippen LogP) is 2.65. The van der Waals surface area contributed by atoms with Gasteiger partial charge in [0.25, 0.3) is 5.91 Å². The topological polar surface area (TPSA) is 105 Å². The fourth-order valence-electron chi connectivity index (χ4n) is 3.10. The number of amides is 1. The second-order valence-electron chi connectivity index (χ2n) is 7.23. The summed E-state index contributed by atoms with van der Waals surface area (Å²) in [6.45, 7) is 3.83. The van der Waals surface area contributed by atoms with Crippen LogP contribution in [0.25, 0.3) is 10.9 Å². The zero-order valence-corrected chi connectivity index (χ0v) is 16.3. The van der Waals surface area contributed by atoms with Gasteiger partial charge < -0.3 is 10.1 Å². The van der Waals surface area contributed by atoms with Crippen LogP contribution in [0.4, 0.5) is 0 Å². The van der Waals surface area contributed by atoms with Gasteiger partial charge >= 0.3 is 0 Å². The van der Waals surface area contributed by atoms with E-state index < -0.39 is 0 Å². The molecule has 0 unspecified atom stereocenters. The first-order valence-electron chi connectivity index (χ1n) is 9.49. The zero-order valence-electron chi connectivity index (χ0n) is 16.3. The molecule has 1 aromatic carbocycles. The Balaban J connectivity index is 1.31. The van der Waals surface area contributed by atoms with Gasteiger partial charge in [0.1, 0.15) is 5.75 Å². The van der Waals surface area contributed by atoms with E-state index in [1.807, 2.05) is 44.2 Å². The summed E-state index contributed by atoms with van der Waals surface area (Å²) in [7, 11) is 0. The Morgan fingerprint density at radius 2 is 2.03 bits per heavy atom. The van der Waals surface area contributed by atoms with Crippen LogP contribution in [0.1, 0.15) is 31.5 Å². The van der Waals surface area contributed by atoms with E-state index in [0.717, 1.165) is 33.6 Å². The molecule has 1 aliphatic heterocycles. The van der Waals surface area contributed by atoms with E-state index in [2.05, 4.69) is 30.7 Å². The number of pyridine rings is 1. The Hall–Kier alpha value is -3.55. The lowest BCUT2D eigenvalue weighted by molar-refractivity contribution is -0.123. The van der Waals surface area contributed by atoms with Crippen LogP contribution in [0.15, 0.2) is 52.9 Å². The van der Waals surface area contributed by atoms with Crippen molar-refractivity contribution >= 4 is 28.2 Å². The molecule has 1 aliphatic rings. The molecule has 2 N–H and O–H groups in total. The number of ether oxygens (including phenoxy) is 1. The Bertz CT molecular complexity index is 1080. The van der Waals surface area contributed by atoms with Gasteiger partial charge in [0.2, 0.25) is 0 Å². The van der Waals surface area contributed by atoms with E-state index in [9.17, 15) is 4.79 Å². The van der Waals surface area contributed by atoms with E-state index >= 15 is 0 Å². The molecule has 8 nitrogen and oxygen atoms in total. The summed E-state index contributed by atoms with van der Waals surface area (Å²) in [6.07, 6.45) is 4.91. The number of nitrogens with one attached hydrogen (secondary N) is 2. The summed E-state index contributed by atoms with van der Waals surface area (Å²) in [4.78, 5) is 16.1. The zero-order chi connectivity index (χ0) is 20.2. The average Bonchev–Trinajstić information content (AvgIpc) is 3.35. The third-order valence-electron chi connectivity index (χ3n) is 4.46. The molecule has 1 amide bonds. The lowest BCUT2D eigenvalue weighted by atomic mass is 10.0. The number of nitrogens with zero attached hydrogens (tertiary/aromatic N) is 4. The van der Waals surface area contributed by atoms with Crippen molar-refractivity contribution in [1.29, 1.82) is 0 Å². The highest BCUT2D eigenvalue weighted by Gasteiger charge is 2.16. The van der Waals surface area contributed by atoms with Gasteiger partial charge in [-0.05, 0) is 49.7 Å². The van der Waals surface area contributed by atoms with Crippen molar-refractivity contribution in [2.24, 2.45) is 10.2 Å². The van der Waals surface area contributed by atoms with E-state index in [1.54, 1.807) is 12.4 Å². The summed E-state index contributed by atoms with van der Waals surface area (Å²) in [5.41, 5.74) is 4.73. The number of aromatic nitrogens is 3. The maximum Gasteiger partial charge on any atom is 0.258 e. The fraction of sp³-hybridized carbons (Fsp3) is 0.286. The molecule has 0 spiro atoms. The maximum atomic E-state index is 11.7. The standard InChI is InChI=1S/C21H22N6O2/c1-13(2)24-21(28)12-29-18-5-3-14(4-6-18)19-9-17(25-27-19)8-16-7-15-10-23-26-20(15)11-22-16/h3-7,10-11,13H,8-9,12H2,1-2H3,(H,23,26)(H,24,28). The van der Waals surface area contributed by atoms with Crippen LogP contribution < -0.4 is 10.1 Å². The lowest BCUT2D eigenvalue weighted by Gasteiger charge is -2.10. The normalized spacial score (nSPS) is 13.5. The van der Waals surface area contributed by atoms with E-state index in [4.69, 9.17) is 4.74 Å². The molecule has 0 radical (unpaired) electrons. The van der Waals surface area contributed by atoms with E-state index in [-0.39, 0.29) is 18.6 Å². The Morgan fingerprint density at radius 1 is 1.21 bits per heavy atom. The van der Waals surface area contributed by atoms with Crippen molar-refractivity contribution in [1.82, 2.24) is 20.5 Å². The summed E-state index contributed by atoms with van der Waals surface area (Å²) in [5.74, 6) is 0.509. The molecule has 2 aromatic heterocycles. The number of rotatable bonds is 7. The molecule has 0 fully saturated rings. The van der Waals surface area contributed by atoms with Gasteiger partial charge in [-0.1, -0.05) is 0 Å². The molecule has 3 aromatic rings. The van der Waals surface area contributed by atoms with Gasteiger partial charge in [-0.3, -0.25) is 14.9 Å². The van der Waals surface area contributed by atoms with Crippen LogP contribution >= 0.6 is 0 Å². The highest BCUT2D eigenvalue weighted by atomic mass is 16.5. The van der Waals surface area contributed by atoms with Gasteiger partial charge in [-0.15, -0.1) is 0 Å². The van der Waals surface area contributed by atoms with Crippen LogP contribution in [0.5, 0.6) is 5.75 Å². The van der Waals surface area contributed by atoms with Crippen LogP contribution in [-0.4, -0.2) is 45.2 Å². The third kappa shape index (κ3) is 4.66. The smallest absolute Gasteiger partial charge is 0.258 e. The van der Waals surface area contributed by atoms with Gasteiger partial charge in [0.05, 0.1) is 29.3 Å². The van der Waals surface area contributed by atoms with Crippen molar-refractivity contribution < 1.29 is 9.53 Å². The number of fused-ring (bicyclic) bond motifs is 1. The Morgan fingerprint density at radius 3 is 2.83 bits per heavy atom. The molecular formula is C21H22N6O2. The molecular weight excluding hydrogens is 368 g/mol. The maximum absolute atomic E-state index is 11.7. The third-order valence-corrected chi connectivity index (χ3v) is 4.46. The summed E-state index contributed by atoms with van der Waals surface area (Å²) in [6, 6.07) is 9.66. The minimum atomic E-state index is -0.135. The van der Waals surface area contributed by atoms with Gasteiger partial charge in [0.15, 0.2) is 6.61 Å². The highest BCUT2D eigenvalue weighted by molar-refractivity contribution is 6.15. The second kappa shape index (κ2) is 8.22. The first kappa shape index (κ1) is 18.8. The predicted molar refractivity (Wildman–Crippen MR) is 111 cm³/mol. The van der Waals surface area contributed by atoms with Crippen LogP contribution in [-0.2, 0) is 11.2 Å². The Kier molecular flexibility index (Phi) is 5.33. The lowest BCUT2D eigenvalue weighted by Crippen LogP contribution is -2.34. The molecule has 0 saturated carbocycles. The first-order valence-corrected chi connectivity index (χ1v) is 9.49. The highest BCUT2D eigenvalue weighted by Crippen LogP contribution is 2.19. The second-order valence-corrected chi connectivity index (χ2v) is 7.23. The van der Waals surface area contributed by atoms with Gasteiger partial charge in [-0.25, -0.2) is 0 Å². The number of H-pyrrole nitrogens is 1. The molecule has 0 saturated heterocycles. The fourth-order valence-corrected chi connectivity index (χ4v) is 3.10. The molecule has 29 heavy (non-hydrogen) atoms. The average molecular weight is 390 g/mol. The molecule has 3 heterocycles. The molecule has 4 rings (SSSR count). The van der Waals surface area contributed by atoms with Crippen LogP contribution in [0, 0.1) is 0 Å². The van der Waals surface area contributed by atoms with E-state index in [0.29, 0.717) is 18.6 Å². The number of carbonyl (C=O) groups excluding carboxylic acids is 1. The SMILES string of the molecule is CC(C)NC(=O)COc1ccc(C2=NN=C(Cc3cc4cn[nH]c4cn3)C2)cc1. The number of hydrogen-bond acceptors (Lipinski definition) is 6. The first-order chi connectivity index (χ1) is 14.1. The van der Waals surface area contributed by atoms with Crippen molar-refractivity contribution in [3.63, 3.8) is 0 Å². The number of aromatic amines is 1. The molecule has 148 valence electrons. The van der Waals surface area contributed by atoms with Crippen molar-refractivity contribution in [3.05, 3.63) is 54.0 Å². The van der Waals surface area contributed by atoms with Crippen molar-refractivity contribution in [2.75, 3.05) is 6.61 Å². The largest absolute Gasteiger partial charge is 0.484 e. The minimum Gasteiger partial charge on any atom is -0.484 e. The summed E-state index contributed by atoms with van der Waals surface area (Å²) < 4.78 is 5.52. The van der Waals surface area contributed by atoms with Crippen LogP contribution in [0.2, 0.25) is 0 Å². The Labute approximate surface area is 168 Å². The molecule has 8 heteroatoms. The quantitative estimate of drug-likeness (QED) is 0.647. The molecule has 0 aliphatic carbocycles. The van der Waals surface area contributed by atoms with Crippen LogP contribution in [0.3, 0.4) is 0 Å². The van der Waals surface area contributed by atoms with E-state index in [1.165, 1.54) is 0 Å².